The lowest BCUT2D eigenvalue weighted by Gasteiger charge is -2.09. The molecule has 0 unspecified atom stereocenters. The second-order valence-electron chi connectivity index (χ2n) is 7.93. The number of hydrogen-bond donors (Lipinski definition) is 2. The van der Waals surface area contributed by atoms with Crippen molar-refractivity contribution >= 4 is 44.5 Å². The number of benzene rings is 3. The predicted octanol–water partition coefficient (Wildman–Crippen LogP) is 4.90. The van der Waals surface area contributed by atoms with Crippen LogP contribution in [-0.4, -0.2) is 25.9 Å². The highest BCUT2D eigenvalue weighted by molar-refractivity contribution is 6.11. The minimum Gasteiger partial charge on any atom is -0.338 e. The van der Waals surface area contributed by atoms with Gasteiger partial charge in [-0.1, -0.05) is 42.0 Å². The standard InChI is InChI=1S/C24H20N6/c1-13-6-11-20-19(12-13)22-23(25-20)26-24(30-28-22)29-27-14(2)17-10-9-16-8-7-15-4-3-5-18(17)21(15)16/h3-6,9-12H,7-8H2,1-2H3,(H2,25,26,29,30). The third-order valence-electron chi connectivity index (χ3n) is 5.96. The summed E-state index contributed by atoms with van der Waals surface area (Å²) in [4.78, 5) is 7.87. The fourth-order valence-electron chi connectivity index (χ4n) is 4.49. The minimum absolute atomic E-state index is 0.371. The molecule has 0 spiro atoms. The molecule has 6 rings (SSSR count). The zero-order valence-corrected chi connectivity index (χ0v) is 16.8. The van der Waals surface area contributed by atoms with Crippen molar-refractivity contribution in [1.29, 1.82) is 0 Å². The average molecular weight is 392 g/mol. The third-order valence-corrected chi connectivity index (χ3v) is 5.96. The Morgan fingerprint density at radius 1 is 1.00 bits per heavy atom. The lowest BCUT2D eigenvalue weighted by molar-refractivity contribution is 1.01. The van der Waals surface area contributed by atoms with Crippen molar-refractivity contribution in [3.8, 4) is 0 Å². The van der Waals surface area contributed by atoms with Gasteiger partial charge in [-0.3, -0.25) is 0 Å². The number of aromatic amines is 1. The SMILES string of the molecule is CC(=NNc1nnc2c(n1)[nH]c1ccc(C)cc12)c1ccc2c3c(cccc13)CC2. The van der Waals surface area contributed by atoms with Gasteiger partial charge in [0, 0.05) is 16.5 Å². The van der Waals surface area contributed by atoms with Gasteiger partial charge in [-0.15, -0.1) is 10.2 Å². The first-order valence-corrected chi connectivity index (χ1v) is 10.1. The molecule has 0 radical (unpaired) electrons. The van der Waals surface area contributed by atoms with Crippen molar-refractivity contribution in [3.05, 3.63) is 70.8 Å². The van der Waals surface area contributed by atoms with Crippen LogP contribution in [0.4, 0.5) is 5.95 Å². The van der Waals surface area contributed by atoms with Crippen molar-refractivity contribution < 1.29 is 0 Å². The molecule has 2 heterocycles. The number of H-pyrrole nitrogens is 1. The van der Waals surface area contributed by atoms with Crippen LogP contribution in [0.25, 0.3) is 32.8 Å². The first-order valence-electron chi connectivity index (χ1n) is 10.1. The molecule has 3 aromatic carbocycles. The Labute approximate surface area is 173 Å². The van der Waals surface area contributed by atoms with E-state index in [1.807, 2.05) is 13.0 Å². The summed E-state index contributed by atoms with van der Waals surface area (Å²) in [5, 5.41) is 16.8. The second kappa shape index (κ2) is 6.35. The number of anilines is 1. The summed E-state index contributed by atoms with van der Waals surface area (Å²) in [6.45, 7) is 4.07. The molecule has 2 aromatic heterocycles. The monoisotopic (exact) mass is 392 g/mol. The van der Waals surface area contributed by atoms with E-state index in [4.69, 9.17) is 0 Å². The Morgan fingerprint density at radius 2 is 1.87 bits per heavy atom. The minimum atomic E-state index is 0.371. The van der Waals surface area contributed by atoms with E-state index in [0.29, 0.717) is 11.6 Å². The van der Waals surface area contributed by atoms with Crippen molar-refractivity contribution in [2.45, 2.75) is 26.7 Å². The van der Waals surface area contributed by atoms with Crippen LogP contribution < -0.4 is 5.43 Å². The van der Waals surface area contributed by atoms with Gasteiger partial charge in [0.1, 0.15) is 5.52 Å². The topological polar surface area (TPSA) is 78.8 Å². The average Bonchev–Trinajstić information content (AvgIpc) is 3.34. The van der Waals surface area contributed by atoms with Crippen LogP contribution in [-0.2, 0) is 12.8 Å². The highest BCUT2D eigenvalue weighted by Crippen LogP contribution is 2.33. The number of nitrogens with zero attached hydrogens (tertiary/aromatic N) is 4. The normalized spacial score (nSPS) is 13.6. The second-order valence-corrected chi connectivity index (χ2v) is 7.93. The smallest absolute Gasteiger partial charge is 0.265 e. The van der Waals surface area contributed by atoms with E-state index < -0.39 is 0 Å². The Bertz CT molecular complexity index is 1480. The van der Waals surface area contributed by atoms with E-state index >= 15 is 0 Å². The van der Waals surface area contributed by atoms with Gasteiger partial charge in [0.05, 0.1) is 5.71 Å². The van der Waals surface area contributed by atoms with Gasteiger partial charge in [-0.2, -0.15) is 10.1 Å². The first kappa shape index (κ1) is 17.1. The van der Waals surface area contributed by atoms with Crippen molar-refractivity contribution in [2.24, 2.45) is 5.10 Å². The lowest BCUT2D eigenvalue weighted by Crippen LogP contribution is -2.04. The van der Waals surface area contributed by atoms with Crippen LogP contribution >= 0.6 is 0 Å². The predicted molar refractivity (Wildman–Crippen MR) is 121 cm³/mol. The summed E-state index contributed by atoms with van der Waals surface area (Å²) in [7, 11) is 0. The number of rotatable bonds is 3. The number of hydrogen-bond acceptors (Lipinski definition) is 5. The summed E-state index contributed by atoms with van der Waals surface area (Å²) >= 11 is 0. The molecule has 30 heavy (non-hydrogen) atoms. The molecule has 5 aromatic rings. The van der Waals surface area contributed by atoms with Crippen LogP contribution in [0.3, 0.4) is 0 Å². The van der Waals surface area contributed by atoms with Gasteiger partial charge >= 0.3 is 0 Å². The maximum absolute atomic E-state index is 4.56. The molecule has 2 N–H and O–H groups in total. The number of nitrogens with one attached hydrogen (secondary N) is 2. The molecule has 1 aliphatic rings. The van der Waals surface area contributed by atoms with E-state index in [-0.39, 0.29) is 0 Å². The summed E-state index contributed by atoms with van der Waals surface area (Å²) in [5.74, 6) is 0.371. The van der Waals surface area contributed by atoms with E-state index in [1.165, 1.54) is 27.5 Å². The summed E-state index contributed by atoms with van der Waals surface area (Å²) in [5.41, 5.74) is 11.5. The number of aromatic nitrogens is 4. The number of fused-ring (bicyclic) bond motifs is 3. The van der Waals surface area contributed by atoms with Crippen LogP contribution in [0, 0.1) is 6.92 Å². The van der Waals surface area contributed by atoms with Crippen LogP contribution in [0.5, 0.6) is 0 Å². The van der Waals surface area contributed by atoms with Gasteiger partial charge in [0.25, 0.3) is 5.95 Å². The summed E-state index contributed by atoms with van der Waals surface area (Å²) in [6, 6.07) is 17.1. The summed E-state index contributed by atoms with van der Waals surface area (Å²) in [6.07, 6.45) is 2.24. The molecule has 146 valence electrons. The molecule has 0 aliphatic heterocycles. The summed E-state index contributed by atoms with van der Waals surface area (Å²) < 4.78 is 0. The van der Waals surface area contributed by atoms with Crippen molar-refractivity contribution in [2.75, 3.05) is 5.43 Å². The van der Waals surface area contributed by atoms with E-state index in [9.17, 15) is 0 Å². The third kappa shape index (κ3) is 2.57. The molecule has 0 bridgehead atoms. The van der Waals surface area contributed by atoms with Gasteiger partial charge in [0.15, 0.2) is 5.65 Å². The number of hydrazone groups is 1. The molecule has 1 aliphatic carbocycles. The molecule has 6 nitrogen and oxygen atoms in total. The van der Waals surface area contributed by atoms with Gasteiger partial charge < -0.3 is 4.98 Å². The highest BCUT2D eigenvalue weighted by atomic mass is 15.4. The Morgan fingerprint density at radius 3 is 2.77 bits per heavy atom. The fraction of sp³-hybridized carbons (Fsp3) is 0.167. The maximum Gasteiger partial charge on any atom is 0.265 e. The quantitative estimate of drug-likeness (QED) is 0.338. The van der Waals surface area contributed by atoms with E-state index in [1.54, 1.807) is 0 Å². The number of aryl methyl sites for hydroxylation is 3. The molecular weight excluding hydrogens is 372 g/mol. The maximum atomic E-state index is 4.56. The van der Waals surface area contributed by atoms with Crippen molar-refractivity contribution in [1.82, 2.24) is 20.2 Å². The molecule has 0 amide bonds. The van der Waals surface area contributed by atoms with Gasteiger partial charge in [0.2, 0.25) is 0 Å². The molecular formula is C24H20N6. The Hall–Kier alpha value is -3.80. The first-order chi connectivity index (χ1) is 14.7. The van der Waals surface area contributed by atoms with Crippen LogP contribution in [0.15, 0.2) is 53.6 Å². The molecule has 0 fully saturated rings. The molecule has 6 heteroatoms. The Kier molecular flexibility index (Phi) is 3.62. The van der Waals surface area contributed by atoms with Crippen LogP contribution in [0.2, 0.25) is 0 Å². The molecule has 0 atom stereocenters. The fourth-order valence-corrected chi connectivity index (χ4v) is 4.49. The molecule has 0 saturated carbocycles. The van der Waals surface area contributed by atoms with Gasteiger partial charge in [-0.25, -0.2) is 5.43 Å². The van der Waals surface area contributed by atoms with E-state index in [0.717, 1.165) is 40.5 Å². The highest BCUT2D eigenvalue weighted by Gasteiger charge is 2.16. The Balaban J connectivity index is 1.37. The van der Waals surface area contributed by atoms with Gasteiger partial charge in [-0.05, 0) is 60.7 Å². The van der Waals surface area contributed by atoms with Crippen LogP contribution in [0.1, 0.15) is 29.2 Å². The zero-order chi connectivity index (χ0) is 20.2. The van der Waals surface area contributed by atoms with Crippen molar-refractivity contribution in [3.63, 3.8) is 0 Å². The van der Waals surface area contributed by atoms with E-state index in [2.05, 4.69) is 80.1 Å². The molecule has 0 saturated heterocycles. The largest absolute Gasteiger partial charge is 0.338 e. The lowest BCUT2D eigenvalue weighted by atomic mass is 9.98. The zero-order valence-electron chi connectivity index (χ0n) is 16.8.